The molecule has 0 bridgehead atoms. The summed E-state index contributed by atoms with van der Waals surface area (Å²) >= 11 is 5.68. The molecule has 0 radical (unpaired) electrons. The molecule has 0 aliphatic heterocycles. The molecular weight excluding hydrogens is 323 g/mol. The smallest absolute Gasteiger partial charge is 0.258 e. The predicted octanol–water partition coefficient (Wildman–Crippen LogP) is 4.12. The van der Waals surface area contributed by atoms with E-state index in [1.54, 1.807) is 37.4 Å². The van der Waals surface area contributed by atoms with E-state index in [0.717, 1.165) is 11.3 Å². The highest BCUT2D eigenvalue weighted by Gasteiger charge is 2.11. The maximum Gasteiger partial charge on any atom is 0.258 e. The Labute approximate surface area is 136 Å². The molecule has 2 aromatic carbocycles. The van der Waals surface area contributed by atoms with Gasteiger partial charge in [0, 0.05) is 10.6 Å². The molecule has 0 aliphatic carbocycles. The van der Waals surface area contributed by atoms with E-state index in [1.165, 1.54) is 12.1 Å². The second-order valence-electron chi connectivity index (χ2n) is 4.61. The predicted molar refractivity (Wildman–Crippen MR) is 82.0 cm³/mol. The van der Waals surface area contributed by atoms with Gasteiger partial charge in [-0.1, -0.05) is 16.8 Å². The maximum atomic E-state index is 13.6. The molecule has 0 N–H and O–H groups in total. The maximum absolute atomic E-state index is 13.6. The first-order valence-corrected chi connectivity index (χ1v) is 7.08. The summed E-state index contributed by atoms with van der Waals surface area (Å²) < 4.78 is 29.2. The van der Waals surface area contributed by atoms with Crippen molar-refractivity contribution in [2.24, 2.45) is 0 Å². The molecule has 1 heterocycles. The van der Waals surface area contributed by atoms with Crippen molar-refractivity contribution in [1.29, 1.82) is 0 Å². The molecule has 0 saturated heterocycles. The lowest BCUT2D eigenvalue weighted by atomic mass is 10.2. The molecule has 3 rings (SSSR count). The van der Waals surface area contributed by atoms with E-state index in [-0.39, 0.29) is 12.4 Å². The largest absolute Gasteiger partial charge is 0.497 e. The van der Waals surface area contributed by atoms with Gasteiger partial charge in [-0.25, -0.2) is 4.39 Å². The van der Waals surface area contributed by atoms with Gasteiger partial charge in [0.1, 0.15) is 5.75 Å². The summed E-state index contributed by atoms with van der Waals surface area (Å²) in [7, 11) is 1.59. The van der Waals surface area contributed by atoms with Gasteiger partial charge >= 0.3 is 0 Å². The third kappa shape index (κ3) is 3.60. The number of hydrogen-bond acceptors (Lipinski definition) is 5. The SMILES string of the molecule is COc1ccc(-c2nc(COc3ccc(Cl)cc3F)no2)cc1. The van der Waals surface area contributed by atoms with E-state index in [2.05, 4.69) is 10.1 Å². The van der Waals surface area contributed by atoms with E-state index in [1.807, 2.05) is 0 Å². The summed E-state index contributed by atoms with van der Waals surface area (Å²) in [6.45, 7) is -0.0157. The first-order valence-electron chi connectivity index (χ1n) is 6.70. The highest BCUT2D eigenvalue weighted by Crippen LogP contribution is 2.23. The molecule has 23 heavy (non-hydrogen) atoms. The molecule has 0 spiro atoms. The van der Waals surface area contributed by atoms with E-state index < -0.39 is 5.82 Å². The molecule has 0 aliphatic rings. The normalized spacial score (nSPS) is 10.6. The van der Waals surface area contributed by atoms with E-state index >= 15 is 0 Å². The van der Waals surface area contributed by atoms with Gasteiger partial charge in [-0.3, -0.25) is 0 Å². The summed E-state index contributed by atoms with van der Waals surface area (Å²) in [5.41, 5.74) is 0.752. The Kier molecular flexibility index (Phi) is 4.43. The minimum absolute atomic E-state index is 0.0157. The Morgan fingerprint density at radius 2 is 1.96 bits per heavy atom. The van der Waals surface area contributed by atoms with Gasteiger partial charge in [-0.2, -0.15) is 4.98 Å². The highest BCUT2D eigenvalue weighted by atomic mass is 35.5. The van der Waals surface area contributed by atoms with Crippen LogP contribution in [-0.2, 0) is 6.61 Å². The summed E-state index contributed by atoms with van der Waals surface area (Å²) in [6, 6.07) is 11.3. The lowest BCUT2D eigenvalue weighted by Gasteiger charge is -2.04. The van der Waals surface area contributed by atoms with E-state index in [4.69, 9.17) is 25.6 Å². The van der Waals surface area contributed by atoms with Gasteiger partial charge < -0.3 is 14.0 Å². The molecule has 0 amide bonds. The van der Waals surface area contributed by atoms with E-state index in [0.29, 0.717) is 16.7 Å². The average molecular weight is 335 g/mol. The van der Waals surface area contributed by atoms with Crippen LogP contribution in [0.15, 0.2) is 47.0 Å². The van der Waals surface area contributed by atoms with Crippen LogP contribution < -0.4 is 9.47 Å². The molecule has 0 saturated carbocycles. The molecule has 0 fully saturated rings. The Bertz CT molecular complexity index is 805. The average Bonchev–Trinajstić information content (AvgIpc) is 3.03. The van der Waals surface area contributed by atoms with Crippen molar-refractivity contribution in [1.82, 2.24) is 10.1 Å². The second-order valence-corrected chi connectivity index (χ2v) is 5.04. The first-order chi connectivity index (χ1) is 11.2. The van der Waals surface area contributed by atoms with Crippen LogP contribution in [0.4, 0.5) is 4.39 Å². The van der Waals surface area contributed by atoms with Crippen molar-refractivity contribution < 1.29 is 18.4 Å². The van der Waals surface area contributed by atoms with Crippen LogP contribution in [0, 0.1) is 5.82 Å². The number of hydrogen-bond donors (Lipinski definition) is 0. The van der Waals surface area contributed by atoms with Crippen LogP contribution in [-0.4, -0.2) is 17.3 Å². The van der Waals surface area contributed by atoms with Crippen LogP contribution >= 0.6 is 11.6 Å². The van der Waals surface area contributed by atoms with Crippen LogP contribution in [0.2, 0.25) is 5.02 Å². The highest BCUT2D eigenvalue weighted by molar-refractivity contribution is 6.30. The van der Waals surface area contributed by atoms with Crippen molar-refractivity contribution in [3.8, 4) is 23.0 Å². The van der Waals surface area contributed by atoms with Crippen molar-refractivity contribution in [3.63, 3.8) is 0 Å². The molecular formula is C16H12ClFN2O3. The molecule has 118 valence electrons. The van der Waals surface area contributed by atoms with Crippen molar-refractivity contribution in [3.05, 3.63) is 59.1 Å². The third-order valence-corrected chi connectivity index (χ3v) is 3.29. The molecule has 0 atom stereocenters. The number of benzene rings is 2. The lowest BCUT2D eigenvalue weighted by molar-refractivity contribution is 0.274. The molecule has 1 aromatic heterocycles. The molecule has 3 aromatic rings. The van der Waals surface area contributed by atoms with Crippen LogP contribution in [0.1, 0.15) is 5.82 Å². The van der Waals surface area contributed by atoms with Crippen molar-refractivity contribution in [2.45, 2.75) is 6.61 Å². The standard InChI is InChI=1S/C16H12ClFN2O3/c1-21-12-5-2-10(3-6-12)16-19-15(20-23-16)9-22-14-7-4-11(17)8-13(14)18/h2-8H,9H2,1H3. The van der Waals surface area contributed by atoms with Gasteiger partial charge in [0.05, 0.1) is 7.11 Å². The Hall–Kier alpha value is -2.60. The third-order valence-electron chi connectivity index (χ3n) is 3.06. The minimum Gasteiger partial charge on any atom is -0.497 e. The second kappa shape index (κ2) is 6.66. The van der Waals surface area contributed by atoms with Crippen LogP contribution in [0.25, 0.3) is 11.5 Å². The monoisotopic (exact) mass is 334 g/mol. The van der Waals surface area contributed by atoms with Crippen LogP contribution in [0.5, 0.6) is 11.5 Å². The van der Waals surface area contributed by atoms with Gasteiger partial charge in [0.15, 0.2) is 18.2 Å². The topological polar surface area (TPSA) is 57.4 Å². The van der Waals surface area contributed by atoms with Crippen molar-refractivity contribution >= 4 is 11.6 Å². The fraction of sp³-hybridized carbons (Fsp3) is 0.125. The van der Waals surface area contributed by atoms with E-state index in [9.17, 15) is 4.39 Å². The Morgan fingerprint density at radius 1 is 1.17 bits per heavy atom. The van der Waals surface area contributed by atoms with Gasteiger partial charge in [0.25, 0.3) is 5.89 Å². The summed E-state index contributed by atoms with van der Waals surface area (Å²) in [6.07, 6.45) is 0. The zero-order valence-electron chi connectivity index (χ0n) is 12.1. The first kappa shape index (κ1) is 15.3. The number of ether oxygens (including phenoxy) is 2. The Balaban J connectivity index is 1.69. The fourth-order valence-corrected chi connectivity index (χ4v) is 2.06. The van der Waals surface area contributed by atoms with Gasteiger partial charge in [-0.15, -0.1) is 0 Å². The van der Waals surface area contributed by atoms with Gasteiger partial charge in [0.2, 0.25) is 5.82 Å². The number of aromatic nitrogens is 2. The molecule has 7 heteroatoms. The van der Waals surface area contributed by atoms with Crippen molar-refractivity contribution in [2.75, 3.05) is 7.11 Å². The lowest BCUT2D eigenvalue weighted by Crippen LogP contribution is -1.99. The Morgan fingerprint density at radius 3 is 2.65 bits per heavy atom. The van der Waals surface area contributed by atoms with Gasteiger partial charge in [-0.05, 0) is 42.5 Å². The molecule has 5 nitrogen and oxygen atoms in total. The summed E-state index contributed by atoms with van der Waals surface area (Å²) in [5.74, 6) is 0.921. The zero-order valence-corrected chi connectivity index (χ0v) is 12.9. The molecule has 0 unspecified atom stereocenters. The number of rotatable bonds is 5. The summed E-state index contributed by atoms with van der Waals surface area (Å²) in [5, 5.41) is 4.11. The zero-order chi connectivity index (χ0) is 16.2. The van der Waals surface area contributed by atoms with Crippen LogP contribution in [0.3, 0.4) is 0 Å². The number of methoxy groups -OCH3 is 1. The quantitative estimate of drug-likeness (QED) is 0.702. The minimum atomic E-state index is -0.545. The summed E-state index contributed by atoms with van der Waals surface area (Å²) in [4.78, 5) is 4.21. The fourth-order valence-electron chi connectivity index (χ4n) is 1.90. The number of nitrogens with zero attached hydrogens (tertiary/aromatic N) is 2. The number of halogens is 2.